The van der Waals surface area contributed by atoms with Crippen LogP contribution in [0.15, 0.2) is 36.4 Å². The Kier molecular flexibility index (Phi) is 4.22. The fourth-order valence-corrected chi connectivity index (χ4v) is 1.97. The van der Waals surface area contributed by atoms with Gasteiger partial charge in [-0.05, 0) is 12.1 Å². The first kappa shape index (κ1) is 14.3. The Morgan fingerprint density at radius 1 is 0.850 bits per heavy atom. The summed E-state index contributed by atoms with van der Waals surface area (Å²) in [6.07, 6.45) is 0. The molecule has 2 aromatic carbocycles. The van der Waals surface area contributed by atoms with E-state index >= 15 is 0 Å². The molecule has 0 bridgehead atoms. The smallest absolute Gasteiger partial charge is 0.198 e. The van der Waals surface area contributed by atoms with Gasteiger partial charge in [-0.25, -0.2) is 8.78 Å². The number of carbonyl (C=O) groups is 1. The quantitative estimate of drug-likeness (QED) is 0.840. The van der Waals surface area contributed by atoms with Crippen molar-refractivity contribution >= 4 is 5.78 Å². The molecule has 104 valence electrons. The Morgan fingerprint density at radius 3 is 1.60 bits per heavy atom. The minimum atomic E-state index is -0.717. The molecule has 4 N–H and O–H groups in total. The fourth-order valence-electron chi connectivity index (χ4n) is 1.97. The third kappa shape index (κ3) is 2.45. The Labute approximate surface area is 115 Å². The van der Waals surface area contributed by atoms with Crippen LogP contribution in [0.25, 0.3) is 0 Å². The number of rotatable bonds is 4. The molecule has 0 aliphatic heterocycles. The zero-order chi connectivity index (χ0) is 14.7. The monoisotopic (exact) mass is 276 g/mol. The van der Waals surface area contributed by atoms with Gasteiger partial charge in [-0.3, -0.25) is 4.79 Å². The third-order valence-corrected chi connectivity index (χ3v) is 3.09. The van der Waals surface area contributed by atoms with E-state index in [1.807, 2.05) is 0 Å². The molecule has 0 unspecified atom stereocenters. The first-order valence-electron chi connectivity index (χ1n) is 6.09. The molecule has 0 radical (unpaired) electrons. The maximum atomic E-state index is 14.1. The van der Waals surface area contributed by atoms with E-state index in [0.717, 1.165) is 0 Å². The summed E-state index contributed by atoms with van der Waals surface area (Å²) in [7, 11) is 0. The maximum absolute atomic E-state index is 14.1. The van der Waals surface area contributed by atoms with Crippen LogP contribution in [0.1, 0.15) is 27.0 Å². The first-order valence-corrected chi connectivity index (χ1v) is 6.09. The average molecular weight is 276 g/mol. The summed E-state index contributed by atoms with van der Waals surface area (Å²) in [6, 6.07) is 8.63. The molecule has 0 aliphatic rings. The Morgan fingerprint density at radius 2 is 1.25 bits per heavy atom. The Bertz CT molecular complexity index is 601. The number of ketones is 1. The minimum absolute atomic E-state index is 0.0295. The molecule has 0 saturated carbocycles. The molecule has 0 saturated heterocycles. The zero-order valence-electron chi connectivity index (χ0n) is 10.7. The van der Waals surface area contributed by atoms with Gasteiger partial charge in [0.15, 0.2) is 5.78 Å². The van der Waals surface area contributed by atoms with E-state index in [-0.39, 0.29) is 35.3 Å². The molecule has 0 fully saturated rings. The van der Waals surface area contributed by atoms with Crippen LogP contribution >= 0.6 is 0 Å². The topological polar surface area (TPSA) is 69.1 Å². The van der Waals surface area contributed by atoms with E-state index in [1.54, 1.807) is 0 Å². The highest BCUT2D eigenvalue weighted by Crippen LogP contribution is 2.20. The van der Waals surface area contributed by atoms with Crippen molar-refractivity contribution in [2.45, 2.75) is 13.1 Å². The van der Waals surface area contributed by atoms with Gasteiger partial charge in [-0.1, -0.05) is 24.3 Å². The molecule has 0 spiro atoms. The van der Waals surface area contributed by atoms with Gasteiger partial charge in [0, 0.05) is 24.2 Å². The SMILES string of the molecule is NCc1cccc(C(=O)c2cccc(CN)c2F)c1F. The van der Waals surface area contributed by atoms with E-state index in [1.165, 1.54) is 36.4 Å². The number of benzene rings is 2. The summed E-state index contributed by atoms with van der Waals surface area (Å²) >= 11 is 0. The third-order valence-electron chi connectivity index (χ3n) is 3.09. The van der Waals surface area contributed by atoms with Crippen LogP contribution in [0.3, 0.4) is 0 Å². The standard InChI is InChI=1S/C15H14F2N2O/c16-13-9(7-18)3-1-5-11(13)15(20)12-6-2-4-10(8-19)14(12)17/h1-6H,7-8,18-19H2. The molecule has 20 heavy (non-hydrogen) atoms. The minimum Gasteiger partial charge on any atom is -0.326 e. The molecule has 0 atom stereocenters. The van der Waals surface area contributed by atoms with Gasteiger partial charge in [0.25, 0.3) is 0 Å². The summed E-state index contributed by atoms with van der Waals surface area (Å²) in [4.78, 5) is 12.3. The van der Waals surface area contributed by atoms with E-state index in [0.29, 0.717) is 0 Å². The second-order valence-corrected chi connectivity index (χ2v) is 4.29. The highest BCUT2D eigenvalue weighted by atomic mass is 19.1. The lowest BCUT2D eigenvalue weighted by Crippen LogP contribution is -2.12. The lowest BCUT2D eigenvalue weighted by Gasteiger charge is -2.08. The number of halogens is 2. The predicted octanol–water partition coefficient (Wildman–Crippen LogP) is 2.11. The summed E-state index contributed by atoms with van der Waals surface area (Å²) in [6.45, 7) is -0.0590. The van der Waals surface area contributed by atoms with Gasteiger partial charge < -0.3 is 11.5 Å². The second-order valence-electron chi connectivity index (χ2n) is 4.29. The largest absolute Gasteiger partial charge is 0.326 e. The number of hydrogen-bond acceptors (Lipinski definition) is 3. The lowest BCUT2D eigenvalue weighted by molar-refractivity contribution is 0.103. The van der Waals surface area contributed by atoms with Crippen LogP contribution < -0.4 is 11.5 Å². The van der Waals surface area contributed by atoms with E-state index in [2.05, 4.69) is 0 Å². The number of hydrogen-bond donors (Lipinski definition) is 2. The zero-order valence-corrected chi connectivity index (χ0v) is 10.7. The van der Waals surface area contributed by atoms with Crippen molar-refractivity contribution in [1.29, 1.82) is 0 Å². The maximum Gasteiger partial charge on any atom is 0.198 e. The molecule has 0 heterocycles. The van der Waals surface area contributed by atoms with Gasteiger partial charge in [-0.2, -0.15) is 0 Å². The van der Waals surface area contributed by atoms with Crippen LogP contribution in [0, 0.1) is 11.6 Å². The molecular formula is C15H14F2N2O. The molecular weight excluding hydrogens is 262 g/mol. The number of nitrogens with two attached hydrogens (primary N) is 2. The number of carbonyl (C=O) groups excluding carboxylic acids is 1. The summed E-state index contributed by atoms with van der Waals surface area (Å²) in [5.41, 5.74) is 10.8. The lowest BCUT2D eigenvalue weighted by atomic mass is 9.98. The van der Waals surface area contributed by atoms with Gasteiger partial charge in [0.05, 0.1) is 11.1 Å². The van der Waals surface area contributed by atoms with Crippen molar-refractivity contribution < 1.29 is 13.6 Å². The van der Waals surface area contributed by atoms with Crippen molar-refractivity contribution in [3.63, 3.8) is 0 Å². The van der Waals surface area contributed by atoms with Gasteiger partial charge in [0.2, 0.25) is 0 Å². The normalized spacial score (nSPS) is 10.6. The van der Waals surface area contributed by atoms with Crippen LogP contribution in [0.2, 0.25) is 0 Å². The van der Waals surface area contributed by atoms with Crippen LogP contribution in [-0.2, 0) is 13.1 Å². The van der Waals surface area contributed by atoms with Crippen molar-refractivity contribution in [2.75, 3.05) is 0 Å². The highest BCUT2D eigenvalue weighted by Gasteiger charge is 2.20. The van der Waals surface area contributed by atoms with Crippen molar-refractivity contribution in [3.05, 3.63) is 70.3 Å². The van der Waals surface area contributed by atoms with Gasteiger partial charge in [0.1, 0.15) is 11.6 Å². The van der Waals surface area contributed by atoms with Crippen LogP contribution in [0.5, 0.6) is 0 Å². The molecule has 3 nitrogen and oxygen atoms in total. The van der Waals surface area contributed by atoms with Crippen LogP contribution in [0.4, 0.5) is 8.78 Å². The first-order chi connectivity index (χ1) is 9.60. The fraction of sp³-hybridized carbons (Fsp3) is 0.133. The van der Waals surface area contributed by atoms with E-state index < -0.39 is 17.4 Å². The van der Waals surface area contributed by atoms with E-state index in [9.17, 15) is 13.6 Å². The summed E-state index contributed by atoms with van der Waals surface area (Å²) in [5, 5.41) is 0. The molecule has 5 heteroatoms. The summed E-state index contributed by atoms with van der Waals surface area (Å²) in [5.74, 6) is -2.14. The molecule has 2 rings (SSSR count). The highest BCUT2D eigenvalue weighted by molar-refractivity contribution is 6.09. The second kappa shape index (κ2) is 5.90. The molecule has 0 aromatic heterocycles. The van der Waals surface area contributed by atoms with Crippen molar-refractivity contribution in [1.82, 2.24) is 0 Å². The Hall–Kier alpha value is -2.11. The van der Waals surface area contributed by atoms with Gasteiger partial charge >= 0.3 is 0 Å². The summed E-state index contributed by atoms with van der Waals surface area (Å²) < 4.78 is 28.2. The molecule has 2 aromatic rings. The molecule has 0 aliphatic carbocycles. The van der Waals surface area contributed by atoms with Crippen molar-refractivity contribution in [3.8, 4) is 0 Å². The van der Waals surface area contributed by atoms with E-state index in [4.69, 9.17) is 11.5 Å². The Balaban J connectivity index is 2.52. The average Bonchev–Trinajstić information content (AvgIpc) is 2.47. The van der Waals surface area contributed by atoms with Crippen molar-refractivity contribution in [2.24, 2.45) is 11.5 Å². The van der Waals surface area contributed by atoms with Gasteiger partial charge in [-0.15, -0.1) is 0 Å². The molecule has 0 amide bonds. The predicted molar refractivity (Wildman–Crippen MR) is 72.0 cm³/mol. The van der Waals surface area contributed by atoms with Crippen LogP contribution in [-0.4, -0.2) is 5.78 Å².